The topological polar surface area (TPSA) is 12.0 Å². The number of thioether (sulfide) groups is 1. The molecule has 0 saturated heterocycles. The van der Waals surface area contributed by atoms with Gasteiger partial charge in [-0.25, -0.2) is 0 Å². The number of rotatable bonds is 6. The predicted molar refractivity (Wildman–Crippen MR) is 71.6 cm³/mol. The molecular formula is C13H27NS. The number of nitrogens with one attached hydrogen (secondary N) is 1. The summed E-state index contributed by atoms with van der Waals surface area (Å²) in [6.45, 7) is 4.69. The second-order valence-electron chi connectivity index (χ2n) is 4.91. The molecule has 3 unspecified atom stereocenters. The van der Waals surface area contributed by atoms with Gasteiger partial charge >= 0.3 is 0 Å². The van der Waals surface area contributed by atoms with Gasteiger partial charge in [-0.3, -0.25) is 0 Å². The third-order valence-electron chi connectivity index (χ3n) is 3.69. The monoisotopic (exact) mass is 229 g/mol. The fraction of sp³-hybridized carbons (Fsp3) is 1.00. The Labute approximate surface area is 99.8 Å². The van der Waals surface area contributed by atoms with Crippen LogP contribution in [0.25, 0.3) is 0 Å². The summed E-state index contributed by atoms with van der Waals surface area (Å²) in [7, 11) is 0. The first-order valence-electron chi connectivity index (χ1n) is 6.53. The van der Waals surface area contributed by atoms with Gasteiger partial charge in [0.25, 0.3) is 0 Å². The Kier molecular flexibility index (Phi) is 6.74. The lowest BCUT2D eigenvalue weighted by atomic mass is 9.82. The lowest BCUT2D eigenvalue weighted by molar-refractivity contribution is 0.239. The van der Waals surface area contributed by atoms with Crippen molar-refractivity contribution >= 4 is 11.8 Å². The second-order valence-corrected chi connectivity index (χ2v) is 5.89. The van der Waals surface area contributed by atoms with Crippen LogP contribution in [0.15, 0.2) is 0 Å². The van der Waals surface area contributed by atoms with Gasteiger partial charge in [-0.15, -0.1) is 0 Å². The lowest BCUT2D eigenvalue weighted by Gasteiger charge is -2.34. The first-order chi connectivity index (χ1) is 7.27. The van der Waals surface area contributed by atoms with Gasteiger partial charge < -0.3 is 5.32 Å². The highest BCUT2D eigenvalue weighted by atomic mass is 32.2. The molecule has 0 aromatic heterocycles. The van der Waals surface area contributed by atoms with E-state index in [2.05, 4.69) is 25.4 Å². The van der Waals surface area contributed by atoms with E-state index in [1.165, 1.54) is 44.3 Å². The summed E-state index contributed by atoms with van der Waals surface area (Å²) in [4.78, 5) is 0. The number of hydrogen-bond acceptors (Lipinski definition) is 2. The van der Waals surface area contributed by atoms with Crippen molar-refractivity contribution in [2.45, 2.75) is 64.5 Å². The fourth-order valence-electron chi connectivity index (χ4n) is 2.66. The molecule has 1 aliphatic rings. The Morgan fingerprint density at radius 1 is 1.33 bits per heavy atom. The summed E-state index contributed by atoms with van der Waals surface area (Å²) in [6, 6.07) is 1.51. The first kappa shape index (κ1) is 13.4. The molecule has 0 heterocycles. The molecule has 1 nitrogen and oxygen atoms in total. The van der Waals surface area contributed by atoms with Crippen molar-refractivity contribution in [1.29, 1.82) is 0 Å². The van der Waals surface area contributed by atoms with Gasteiger partial charge in [-0.1, -0.05) is 26.2 Å². The molecule has 1 rings (SSSR count). The van der Waals surface area contributed by atoms with Crippen molar-refractivity contribution in [3.8, 4) is 0 Å². The van der Waals surface area contributed by atoms with Crippen LogP contribution in [0.2, 0.25) is 0 Å². The van der Waals surface area contributed by atoms with E-state index in [0.717, 1.165) is 12.0 Å². The van der Waals surface area contributed by atoms with Crippen LogP contribution in [0.3, 0.4) is 0 Å². The van der Waals surface area contributed by atoms with E-state index in [-0.39, 0.29) is 0 Å². The zero-order chi connectivity index (χ0) is 11.1. The van der Waals surface area contributed by atoms with Crippen molar-refractivity contribution in [1.82, 2.24) is 5.32 Å². The Bertz CT molecular complexity index is 161. The molecule has 0 spiro atoms. The molecule has 1 N–H and O–H groups in total. The highest BCUT2D eigenvalue weighted by Crippen LogP contribution is 2.27. The molecule has 0 aliphatic heterocycles. The van der Waals surface area contributed by atoms with Crippen molar-refractivity contribution in [2.24, 2.45) is 5.92 Å². The maximum Gasteiger partial charge on any atom is 0.00977 e. The molecule has 2 heteroatoms. The van der Waals surface area contributed by atoms with E-state index in [1.54, 1.807) is 0 Å². The summed E-state index contributed by atoms with van der Waals surface area (Å²) in [5.41, 5.74) is 0. The third kappa shape index (κ3) is 4.78. The molecule has 0 aromatic carbocycles. The molecule has 1 aliphatic carbocycles. The van der Waals surface area contributed by atoms with Crippen LogP contribution in [0.1, 0.15) is 52.4 Å². The van der Waals surface area contributed by atoms with Crippen LogP contribution in [0, 0.1) is 5.92 Å². The van der Waals surface area contributed by atoms with Crippen LogP contribution < -0.4 is 5.32 Å². The van der Waals surface area contributed by atoms with Crippen LogP contribution in [-0.4, -0.2) is 24.1 Å². The highest BCUT2D eigenvalue weighted by Gasteiger charge is 2.24. The average Bonchev–Trinajstić information content (AvgIpc) is 2.27. The van der Waals surface area contributed by atoms with Gasteiger partial charge in [0.15, 0.2) is 0 Å². The second kappa shape index (κ2) is 7.56. The van der Waals surface area contributed by atoms with Gasteiger partial charge in [-0.2, -0.15) is 11.8 Å². The van der Waals surface area contributed by atoms with E-state index in [0.29, 0.717) is 6.04 Å². The van der Waals surface area contributed by atoms with E-state index in [4.69, 9.17) is 0 Å². The lowest BCUT2D eigenvalue weighted by Crippen LogP contribution is -2.43. The van der Waals surface area contributed by atoms with E-state index in [9.17, 15) is 0 Å². The summed E-state index contributed by atoms with van der Waals surface area (Å²) in [5.74, 6) is 2.23. The Balaban J connectivity index is 2.27. The largest absolute Gasteiger partial charge is 0.311 e. The fourth-order valence-corrected chi connectivity index (χ4v) is 3.25. The van der Waals surface area contributed by atoms with Gasteiger partial charge in [0.05, 0.1) is 0 Å². The van der Waals surface area contributed by atoms with E-state index >= 15 is 0 Å². The van der Waals surface area contributed by atoms with Crippen molar-refractivity contribution in [3.05, 3.63) is 0 Å². The summed E-state index contributed by atoms with van der Waals surface area (Å²) in [5, 5.41) is 3.84. The third-order valence-corrected chi connectivity index (χ3v) is 4.33. The normalized spacial score (nSPS) is 29.0. The molecule has 0 amide bonds. The summed E-state index contributed by atoms with van der Waals surface area (Å²) in [6.07, 6.45) is 10.6. The molecule has 0 radical (unpaired) electrons. The van der Waals surface area contributed by atoms with Crippen LogP contribution in [0.5, 0.6) is 0 Å². The van der Waals surface area contributed by atoms with Gasteiger partial charge in [0.2, 0.25) is 0 Å². The molecule has 0 bridgehead atoms. The van der Waals surface area contributed by atoms with Crippen LogP contribution in [0.4, 0.5) is 0 Å². The molecule has 0 aromatic rings. The molecular weight excluding hydrogens is 202 g/mol. The van der Waals surface area contributed by atoms with Gasteiger partial charge in [-0.05, 0) is 44.1 Å². The molecule has 90 valence electrons. The van der Waals surface area contributed by atoms with Crippen LogP contribution in [-0.2, 0) is 0 Å². The minimum atomic E-state index is 0.703. The number of hydrogen-bond donors (Lipinski definition) is 1. The Morgan fingerprint density at radius 3 is 2.73 bits per heavy atom. The van der Waals surface area contributed by atoms with Gasteiger partial charge in [0.1, 0.15) is 0 Å². The highest BCUT2D eigenvalue weighted by molar-refractivity contribution is 7.98. The standard InChI is InChI=1S/C13H27NS/c1-4-12-7-5-6-8-13(12)14-11(2)9-10-15-3/h11-14H,4-10H2,1-3H3. The zero-order valence-electron chi connectivity index (χ0n) is 10.6. The average molecular weight is 229 g/mol. The summed E-state index contributed by atoms with van der Waals surface area (Å²) < 4.78 is 0. The SMILES string of the molecule is CCC1CCCCC1NC(C)CCSC. The zero-order valence-corrected chi connectivity index (χ0v) is 11.4. The maximum atomic E-state index is 3.84. The minimum absolute atomic E-state index is 0.703. The maximum absolute atomic E-state index is 3.84. The van der Waals surface area contributed by atoms with Gasteiger partial charge in [0, 0.05) is 12.1 Å². The van der Waals surface area contributed by atoms with Crippen molar-refractivity contribution in [2.75, 3.05) is 12.0 Å². The Morgan fingerprint density at radius 2 is 2.07 bits per heavy atom. The van der Waals surface area contributed by atoms with E-state index < -0.39 is 0 Å². The first-order valence-corrected chi connectivity index (χ1v) is 7.92. The molecule has 1 saturated carbocycles. The van der Waals surface area contributed by atoms with Crippen LogP contribution >= 0.6 is 11.8 Å². The van der Waals surface area contributed by atoms with E-state index in [1.807, 2.05) is 11.8 Å². The van der Waals surface area contributed by atoms with Crippen molar-refractivity contribution < 1.29 is 0 Å². The molecule has 3 atom stereocenters. The molecule has 1 fully saturated rings. The quantitative estimate of drug-likeness (QED) is 0.745. The summed E-state index contributed by atoms with van der Waals surface area (Å²) >= 11 is 1.96. The minimum Gasteiger partial charge on any atom is -0.311 e. The predicted octanol–water partition coefficient (Wildman–Crippen LogP) is 3.69. The Hall–Kier alpha value is 0.310. The van der Waals surface area contributed by atoms with Crippen molar-refractivity contribution in [3.63, 3.8) is 0 Å². The smallest absolute Gasteiger partial charge is 0.00977 e. The molecule has 15 heavy (non-hydrogen) atoms.